The van der Waals surface area contributed by atoms with Crippen molar-refractivity contribution in [3.63, 3.8) is 0 Å². The van der Waals surface area contributed by atoms with Gasteiger partial charge in [-0.2, -0.15) is 0 Å². The smallest absolute Gasteiger partial charge is 0.231 e. The summed E-state index contributed by atoms with van der Waals surface area (Å²) in [7, 11) is 3.10. The summed E-state index contributed by atoms with van der Waals surface area (Å²) in [6.07, 6.45) is 0.145. The van der Waals surface area contributed by atoms with Crippen molar-refractivity contribution in [1.82, 2.24) is 0 Å². The van der Waals surface area contributed by atoms with Crippen LogP contribution in [0.25, 0.3) is 0 Å². The first kappa shape index (κ1) is 18.9. The van der Waals surface area contributed by atoms with E-state index >= 15 is 0 Å². The van der Waals surface area contributed by atoms with Gasteiger partial charge < -0.3 is 29.2 Å². The number of benzene rings is 2. The largest absolute Gasteiger partial charge is 0.493 e. The number of amides is 2. The van der Waals surface area contributed by atoms with Gasteiger partial charge in [0.2, 0.25) is 18.6 Å². The van der Waals surface area contributed by atoms with Crippen molar-refractivity contribution in [3.8, 4) is 23.0 Å². The summed E-state index contributed by atoms with van der Waals surface area (Å²) in [6.45, 7) is 2.34. The lowest BCUT2D eigenvalue weighted by Crippen LogP contribution is -2.28. The highest BCUT2D eigenvalue weighted by Crippen LogP contribution is 2.38. The lowest BCUT2D eigenvalue weighted by molar-refractivity contribution is -0.122. The second-order valence-electron chi connectivity index (χ2n) is 6.95. The maximum Gasteiger partial charge on any atom is 0.231 e. The monoisotopic (exact) mass is 398 g/mol. The van der Waals surface area contributed by atoms with Gasteiger partial charge in [0.05, 0.1) is 20.1 Å². The zero-order valence-corrected chi connectivity index (χ0v) is 16.5. The third-order valence-electron chi connectivity index (χ3n) is 5.15. The molecule has 152 valence electrons. The molecule has 0 radical (unpaired) electrons. The summed E-state index contributed by atoms with van der Waals surface area (Å²) < 4.78 is 21.3. The van der Waals surface area contributed by atoms with Crippen LogP contribution in [0.4, 0.5) is 11.4 Å². The van der Waals surface area contributed by atoms with E-state index in [1.165, 1.54) is 7.11 Å². The van der Waals surface area contributed by atoms with Crippen molar-refractivity contribution in [2.75, 3.05) is 37.8 Å². The topological polar surface area (TPSA) is 86.3 Å². The number of ether oxygens (including phenoxy) is 4. The number of nitrogens with one attached hydrogen (secondary N) is 1. The summed E-state index contributed by atoms with van der Waals surface area (Å²) in [5.74, 6) is 1.60. The number of aryl methyl sites for hydroxylation is 1. The number of carbonyl (C=O) groups excluding carboxylic acids is 2. The first-order chi connectivity index (χ1) is 14.0. The molecule has 0 spiro atoms. The molecule has 4 rings (SSSR count). The van der Waals surface area contributed by atoms with Crippen LogP contribution < -0.4 is 29.2 Å². The minimum Gasteiger partial charge on any atom is -0.493 e. The summed E-state index contributed by atoms with van der Waals surface area (Å²) in [5.41, 5.74) is 2.16. The molecule has 1 fully saturated rings. The van der Waals surface area contributed by atoms with Gasteiger partial charge in [-0.25, -0.2) is 0 Å². The molecule has 2 aliphatic rings. The van der Waals surface area contributed by atoms with Gasteiger partial charge in [0.1, 0.15) is 0 Å². The Morgan fingerprint density at radius 1 is 1.10 bits per heavy atom. The molecule has 2 aromatic rings. The van der Waals surface area contributed by atoms with Gasteiger partial charge >= 0.3 is 0 Å². The molecule has 0 saturated carbocycles. The maximum absolute atomic E-state index is 12.8. The van der Waals surface area contributed by atoms with Crippen LogP contribution in [0.2, 0.25) is 0 Å². The minimum atomic E-state index is -0.458. The summed E-state index contributed by atoms with van der Waals surface area (Å²) in [4.78, 5) is 27.0. The number of rotatable bonds is 5. The van der Waals surface area contributed by atoms with Crippen LogP contribution in [0.5, 0.6) is 23.0 Å². The first-order valence-electron chi connectivity index (χ1n) is 9.23. The second-order valence-corrected chi connectivity index (χ2v) is 6.95. The Hall–Kier alpha value is -3.42. The molecule has 2 aliphatic heterocycles. The van der Waals surface area contributed by atoms with Crippen molar-refractivity contribution < 1.29 is 28.5 Å². The minimum absolute atomic E-state index is 0.104. The summed E-state index contributed by atoms with van der Waals surface area (Å²) in [5, 5.41) is 2.91. The van der Waals surface area contributed by atoms with Crippen LogP contribution in [0.15, 0.2) is 30.3 Å². The Morgan fingerprint density at radius 2 is 1.83 bits per heavy atom. The molecule has 1 atom stereocenters. The molecule has 1 unspecified atom stereocenters. The Balaban J connectivity index is 1.49. The third-order valence-corrected chi connectivity index (χ3v) is 5.15. The van der Waals surface area contributed by atoms with Gasteiger partial charge in [-0.3, -0.25) is 9.59 Å². The maximum atomic E-state index is 12.8. The van der Waals surface area contributed by atoms with Crippen molar-refractivity contribution in [1.29, 1.82) is 0 Å². The van der Waals surface area contributed by atoms with E-state index in [1.54, 1.807) is 42.3 Å². The third kappa shape index (κ3) is 3.53. The predicted molar refractivity (Wildman–Crippen MR) is 106 cm³/mol. The Bertz CT molecular complexity index is 974. The Labute approximate surface area is 168 Å². The number of methoxy groups -OCH3 is 2. The molecule has 8 nitrogen and oxygen atoms in total. The Kier molecular flexibility index (Phi) is 4.92. The number of hydrogen-bond donors (Lipinski definition) is 1. The highest BCUT2D eigenvalue weighted by Gasteiger charge is 2.36. The number of carbonyl (C=O) groups is 2. The van der Waals surface area contributed by atoms with Gasteiger partial charge in [-0.15, -0.1) is 0 Å². The standard InChI is InChI=1S/C21H22N2O6/c1-12-6-17(26-2)18(27-3)9-15(12)22-21(25)13-7-20(24)23(10-13)14-4-5-16-19(8-14)29-11-28-16/h4-6,8-9,13H,7,10-11H2,1-3H3,(H,22,25). The lowest BCUT2D eigenvalue weighted by Gasteiger charge is -2.18. The van der Waals surface area contributed by atoms with E-state index in [2.05, 4.69) is 5.32 Å². The molecule has 0 aliphatic carbocycles. The Morgan fingerprint density at radius 3 is 2.59 bits per heavy atom. The van der Waals surface area contributed by atoms with Crippen LogP contribution in [0, 0.1) is 12.8 Å². The molecule has 2 heterocycles. The number of anilines is 2. The highest BCUT2D eigenvalue weighted by molar-refractivity contribution is 6.04. The zero-order valence-electron chi connectivity index (χ0n) is 16.5. The molecule has 29 heavy (non-hydrogen) atoms. The average Bonchev–Trinajstić information content (AvgIpc) is 3.34. The lowest BCUT2D eigenvalue weighted by atomic mass is 10.1. The molecule has 8 heteroatoms. The van der Waals surface area contributed by atoms with E-state index in [0.717, 1.165) is 5.56 Å². The van der Waals surface area contributed by atoms with E-state index < -0.39 is 5.92 Å². The molecule has 2 aromatic carbocycles. The normalized spacial score (nSPS) is 17.4. The first-order valence-corrected chi connectivity index (χ1v) is 9.23. The van der Waals surface area contributed by atoms with Gasteiger partial charge in [0.25, 0.3) is 0 Å². The zero-order chi connectivity index (χ0) is 20.5. The fourth-order valence-corrected chi connectivity index (χ4v) is 3.54. The summed E-state index contributed by atoms with van der Waals surface area (Å²) >= 11 is 0. The highest BCUT2D eigenvalue weighted by atomic mass is 16.7. The van der Waals surface area contributed by atoms with Gasteiger partial charge in [0, 0.05) is 36.5 Å². The van der Waals surface area contributed by atoms with Crippen molar-refractivity contribution in [2.45, 2.75) is 13.3 Å². The van der Waals surface area contributed by atoms with Crippen molar-refractivity contribution in [2.24, 2.45) is 5.92 Å². The van der Waals surface area contributed by atoms with E-state index in [0.29, 0.717) is 40.9 Å². The van der Waals surface area contributed by atoms with Crippen molar-refractivity contribution >= 4 is 23.2 Å². The van der Waals surface area contributed by atoms with Crippen molar-refractivity contribution in [3.05, 3.63) is 35.9 Å². The van der Waals surface area contributed by atoms with Gasteiger partial charge in [-0.05, 0) is 30.7 Å². The fourth-order valence-electron chi connectivity index (χ4n) is 3.54. The SMILES string of the molecule is COc1cc(C)c(NC(=O)C2CC(=O)N(c3ccc4c(c3)OCO4)C2)cc1OC. The predicted octanol–water partition coefficient (Wildman–Crippen LogP) is 2.73. The van der Waals surface area contributed by atoms with Gasteiger partial charge in [-0.1, -0.05) is 0 Å². The van der Waals surface area contributed by atoms with Gasteiger partial charge in [0.15, 0.2) is 23.0 Å². The van der Waals surface area contributed by atoms with Crippen LogP contribution in [-0.4, -0.2) is 39.4 Å². The quantitative estimate of drug-likeness (QED) is 0.834. The van der Waals surface area contributed by atoms with E-state index in [1.807, 2.05) is 6.92 Å². The number of fused-ring (bicyclic) bond motifs is 1. The molecular formula is C21H22N2O6. The van der Waals surface area contributed by atoms with Crippen LogP contribution in [0.3, 0.4) is 0 Å². The molecule has 0 aromatic heterocycles. The summed E-state index contributed by atoms with van der Waals surface area (Å²) in [6, 6.07) is 8.85. The number of hydrogen-bond acceptors (Lipinski definition) is 6. The average molecular weight is 398 g/mol. The van der Waals surface area contributed by atoms with E-state index in [-0.39, 0.29) is 25.0 Å². The van der Waals surface area contributed by atoms with Crippen LogP contribution >= 0.6 is 0 Å². The molecule has 1 saturated heterocycles. The van der Waals surface area contributed by atoms with E-state index in [4.69, 9.17) is 18.9 Å². The molecule has 0 bridgehead atoms. The molecular weight excluding hydrogens is 376 g/mol. The molecule has 1 N–H and O–H groups in total. The van der Waals surface area contributed by atoms with E-state index in [9.17, 15) is 9.59 Å². The fraction of sp³-hybridized carbons (Fsp3) is 0.333. The van der Waals surface area contributed by atoms with Crippen LogP contribution in [0.1, 0.15) is 12.0 Å². The van der Waals surface area contributed by atoms with Crippen LogP contribution in [-0.2, 0) is 9.59 Å². The molecule has 2 amide bonds. The second kappa shape index (κ2) is 7.54. The number of nitrogens with zero attached hydrogens (tertiary/aromatic N) is 1.